The minimum atomic E-state index is -0.221. The van der Waals surface area contributed by atoms with E-state index in [4.69, 9.17) is 4.74 Å². The van der Waals surface area contributed by atoms with Crippen LogP contribution < -0.4 is 10.1 Å². The average Bonchev–Trinajstić information content (AvgIpc) is 2.72. The highest BCUT2D eigenvalue weighted by molar-refractivity contribution is 6.08. The fourth-order valence-electron chi connectivity index (χ4n) is 2.92. The number of rotatable bonds is 4. The highest BCUT2D eigenvalue weighted by Crippen LogP contribution is 2.28. The van der Waals surface area contributed by atoms with Gasteiger partial charge in [0.1, 0.15) is 5.75 Å². The number of carbonyl (C=O) groups is 2. The third-order valence-corrected chi connectivity index (χ3v) is 4.34. The van der Waals surface area contributed by atoms with Crippen molar-refractivity contribution in [3.05, 3.63) is 90.0 Å². The number of hydrogen-bond acceptors (Lipinski definition) is 3. The van der Waals surface area contributed by atoms with Gasteiger partial charge in [-0.1, -0.05) is 60.7 Å². The Morgan fingerprint density at radius 2 is 1.67 bits per heavy atom. The lowest BCUT2D eigenvalue weighted by molar-refractivity contribution is -0.118. The summed E-state index contributed by atoms with van der Waals surface area (Å²) in [6.07, 6.45) is 3.32. The molecule has 0 saturated heterocycles. The largest absolute Gasteiger partial charge is 0.482 e. The zero-order valence-electron chi connectivity index (χ0n) is 14.5. The van der Waals surface area contributed by atoms with Gasteiger partial charge in [-0.15, -0.1) is 0 Å². The number of anilines is 1. The summed E-state index contributed by atoms with van der Waals surface area (Å²) in [7, 11) is 0. The van der Waals surface area contributed by atoms with E-state index < -0.39 is 0 Å². The summed E-state index contributed by atoms with van der Waals surface area (Å²) in [5.74, 6) is 0.220. The Labute approximate surface area is 157 Å². The molecule has 0 bridgehead atoms. The second-order valence-corrected chi connectivity index (χ2v) is 6.23. The number of fused-ring (bicyclic) bond motifs is 1. The van der Waals surface area contributed by atoms with Gasteiger partial charge in [0.15, 0.2) is 12.4 Å². The highest BCUT2D eigenvalue weighted by Gasteiger charge is 2.17. The van der Waals surface area contributed by atoms with Crippen LogP contribution in [0.15, 0.2) is 78.9 Å². The fraction of sp³-hybridized carbons (Fsp3) is 0.0435. The molecule has 132 valence electrons. The molecule has 4 heteroatoms. The Morgan fingerprint density at radius 3 is 2.44 bits per heavy atom. The van der Waals surface area contributed by atoms with Crippen molar-refractivity contribution in [1.82, 2.24) is 0 Å². The molecule has 1 amide bonds. The SMILES string of the molecule is O=C1COc2ccc(C(=O)/C=C/c3ccc(-c4ccccc4)cc3)cc2N1. The number of hydrogen-bond donors (Lipinski definition) is 1. The van der Waals surface area contributed by atoms with Gasteiger partial charge in [-0.25, -0.2) is 0 Å². The van der Waals surface area contributed by atoms with E-state index in [1.807, 2.05) is 42.5 Å². The van der Waals surface area contributed by atoms with Crippen LogP contribution in [-0.2, 0) is 4.79 Å². The van der Waals surface area contributed by atoms with E-state index in [1.165, 1.54) is 6.08 Å². The molecule has 0 unspecified atom stereocenters. The molecule has 3 aromatic rings. The summed E-state index contributed by atoms with van der Waals surface area (Å²) in [6, 6.07) is 23.2. The zero-order chi connectivity index (χ0) is 18.6. The van der Waals surface area contributed by atoms with Gasteiger partial charge >= 0.3 is 0 Å². The van der Waals surface area contributed by atoms with Crippen molar-refractivity contribution in [1.29, 1.82) is 0 Å². The molecule has 4 rings (SSSR count). The average molecular weight is 355 g/mol. The first-order valence-corrected chi connectivity index (χ1v) is 8.64. The minimum Gasteiger partial charge on any atom is -0.482 e. The Morgan fingerprint density at radius 1 is 0.926 bits per heavy atom. The quantitative estimate of drug-likeness (QED) is 0.550. The van der Waals surface area contributed by atoms with Crippen LogP contribution in [0, 0.1) is 0 Å². The van der Waals surface area contributed by atoms with Crippen LogP contribution in [0.4, 0.5) is 5.69 Å². The predicted molar refractivity (Wildman–Crippen MR) is 106 cm³/mol. The highest BCUT2D eigenvalue weighted by atomic mass is 16.5. The van der Waals surface area contributed by atoms with Gasteiger partial charge < -0.3 is 10.1 Å². The van der Waals surface area contributed by atoms with Crippen molar-refractivity contribution in [2.24, 2.45) is 0 Å². The van der Waals surface area contributed by atoms with Gasteiger partial charge in [0.2, 0.25) is 0 Å². The van der Waals surface area contributed by atoms with E-state index in [2.05, 4.69) is 17.4 Å². The van der Waals surface area contributed by atoms with Crippen LogP contribution in [0.25, 0.3) is 17.2 Å². The number of nitrogens with one attached hydrogen (secondary N) is 1. The molecule has 4 nitrogen and oxygen atoms in total. The Balaban J connectivity index is 1.49. The molecule has 3 aromatic carbocycles. The Hall–Kier alpha value is -3.66. The molecule has 0 aliphatic carbocycles. The topological polar surface area (TPSA) is 55.4 Å². The Bertz CT molecular complexity index is 1020. The van der Waals surface area contributed by atoms with Crippen LogP contribution in [0.5, 0.6) is 5.75 Å². The molecule has 0 radical (unpaired) electrons. The first-order chi connectivity index (χ1) is 13.2. The minimum absolute atomic E-state index is 0.000821. The molecule has 0 spiro atoms. The van der Waals surface area contributed by atoms with Crippen LogP contribution in [0.3, 0.4) is 0 Å². The zero-order valence-corrected chi connectivity index (χ0v) is 14.5. The van der Waals surface area contributed by atoms with Gasteiger partial charge in [0.25, 0.3) is 5.91 Å². The molecule has 0 fully saturated rings. The Kier molecular flexibility index (Phi) is 4.54. The number of ketones is 1. The van der Waals surface area contributed by atoms with Crippen molar-refractivity contribution in [2.75, 3.05) is 11.9 Å². The van der Waals surface area contributed by atoms with Crippen LogP contribution in [0.2, 0.25) is 0 Å². The summed E-state index contributed by atoms with van der Waals surface area (Å²) >= 11 is 0. The van der Waals surface area contributed by atoms with Gasteiger partial charge in [0.05, 0.1) is 5.69 Å². The van der Waals surface area contributed by atoms with Crippen LogP contribution in [-0.4, -0.2) is 18.3 Å². The molecule has 27 heavy (non-hydrogen) atoms. The van der Waals surface area contributed by atoms with Crippen molar-refractivity contribution < 1.29 is 14.3 Å². The van der Waals surface area contributed by atoms with Crippen LogP contribution in [0.1, 0.15) is 15.9 Å². The number of ether oxygens (including phenoxy) is 1. The number of benzene rings is 3. The van der Waals surface area contributed by atoms with E-state index in [1.54, 1.807) is 24.3 Å². The third-order valence-electron chi connectivity index (χ3n) is 4.34. The first kappa shape index (κ1) is 16.8. The second kappa shape index (κ2) is 7.30. The van der Waals surface area contributed by atoms with E-state index in [0.29, 0.717) is 17.0 Å². The lowest BCUT2D eigenvalue weighted by Crippen LogP contribution is -2.25. The lowest BCUT2D eigenvalue weighted by Gasteiger charge is -2.17. The molecule has 1 aliphatic rings. The molecule has 1 N–H and O–H groups in total. The lowest BCUT2D eigenvalue weighted by atomic mass is 10.0. The maximum absolute atomic E-state index is 12.4. The van der Waals surface area contributed by atoms with E-state index in [0.717, 1.165) is 16.7 Å². The molecule has 0 saturated carbocycles. The smallest absolute Gasteiger partial charge is 0.262 e. The van der Waals surface area contributed by atoms with Crippen LogP contribution >= 0.6 is 0 Å². The predicted octanol–water partition coefficient (Wildman–Crippen LogP) is 4.58. The summed E-state index contributed by atoms with van der Waals surface area (Å²) in [4.78, 5) is 23.8. The second-order valence-electron chi connectivity index (χ2n) is 6.23. The summed E-state index contributed by atoms with van der Waals surface area (Å²) in [5, 5.41) is 2.71. The standard InChI is InChI=1S/C23H17NO3/c25-21(19-11-13-22-20(14-19)24-23(26)15-27-22)12-8-16-6-9-18(10-7-16)17-4-2-1-3-5-17/h1-14H,15H2,(H,24,26)/b12-8+. The molecular formula is C23H17NO3. The normalized spacial score (nSPS) is 13.0. The summed E-state index contributed by atoms with van der Waals surface area (Å²) in [5.41, 5.74) is 4.25. The number of carbonyl (C=O) groups excluding carboxylic acids is 2. The van der Waals surface area contributed by atoms with Gasteiger partial charge in [-0.2, -0.15) is 0 Å². The summed E-state index contributed by atoms with van der Waals surface area (Å²) < 4.78 is 5.31. The number of allylic oxidation sites excluding steroid dienone is 1. The number of amides is 1. The molecule has 1 aliphatic heterocycles. The first-order valence-electron chi connectivity index (χ1n) is 8.64. The van der Waals surface area contributed by atoms with Gasteiger partial charge in [-0.05, 0) is 41.0 Å². The maximum Gasteiger partial charge on any atom is 0.262 e. The third kappa shape index (κ3) is 3.80. The molecular weight excluding hydrogens is 338 g/mol. The van der Waals surface area contributed by atoms with E-state index in [9.17, 15) is 9.59 Å². The van der Waals surface area contributed by atoms with Crippen molar-refractivity contribution >= 4 is 23.5 Å². The molecule has 0 aromatic heterocycles. The van der Waals surface area contributed by atoms with Crippen molar-refractivity contribution in [3.63, 3.8) is 0 Å². The molecule has 0 atom stereocenters. The fourth-order valence-corrected chi connectivity index (χ4v) is 2.92. The van der Waals surface area contributed by atoms with Gasteiger partial charge in [0, 0.05) is 5.56 Å². The van der Waals surface area contributed by atoms with E-state index >= 15 is 0 Å². The van der Waals surface area contributed by atoms with Crippen molar-refractivity contribution in [2.45, 2.75) is 0 Å². The monoisotopic (exact) mass is 355 g/mol. The van der Waals surface area contributed by atoms with Gasteiger partial charge in [-0.3, -0.25) is 9.59 Å². The van der Waals surface area contributed by atoms with Crippen molar-refractivity contribution in [3.8, 4) is 16.9 Å². The maximum atomic E-state index is 12.4. The van der Waals surface area contributed by atoms with E-state index in [-0.39, 0.29) is 18.3 Å². The summed E-state index contributed by atoms with van der Waals surface area (Å²) in [6.45, 7) is -0.000821. The molecule has 1 heterocycles.